The zero-order valence-electron chi connectivity index (χ0n) is 10.8. The van der Waals surface area contributed by atoms with Gasteiger partial charge in [0.1, 0.15) is 11.5 Å². The van der Waals surface area contributed by atoms with Crippen molar-refractivity contribution in [3.8, 4) is 11.5 Å². The first-order chi connectivity index (χ1) is 9.60. The van der Waals surface area contributed by atoms with Crippen molar-refractivity contribution >= 4 is 11.9 Å². The molecule has 2 rings (SSSR count). The van der Waals surface area contributed by atoms with Crippen LogP contribution in [0.25, 0.3) is 0 Å². The third kappa shape index (κ3) is 3.14. The lowest BCUT2D eigenvalue weighted by atomic mass is 10.2. The highest BCUT2D eigenvalue weighted by atomic mass is 16.5. The van der Waals surface area contributed by atoms with E-state index in [-0.39, 0.29) is 11.5 Å². The van der Waals surface area contributed by atoms with Gasteiger partial charge in [-0.3, -0.25) is 4.79 Å². The Labute approximate surface area is 115 Å². The molecule has 0 unspecified atom stereocenters. The van der Waals surface area contributed by atoms with Crippen molar-refractivity contribution in [3.63, 3.8) is 0 Å². The van der Waals surface area contributed by atoms with Crippen LogP contribution in [-0.4, -0.2) is 24.0 Å². The molecule has 2 aromatic carbocycles. The summed E-state index contributed by atoms with van der Waals surface area (Å²) in [6.45, 7) is 0. The molecule has 5 heteroatoms. The zero-order chi connectivity index (χ0) is 14.5. The van der Waals surface area contributed by atoms with Crippen LogP contribution in [0.3, 0.4) is 0 Å². The van der Waals surface area contributed by atoms with E-state index in [1.807, 2.05) is 0 Å². The average molecular weight is 271 g/mol. The van der Waals surface area contributed by atoms with Gasteiger partial charge in [-0.15, -0.1) is 0 Å². The Bertz CT molecular complexity index is 617. The lowest BCUT2D eigenvalue weighted by Crippen LogP contribution is -2.17. The summed E-state index contributed by atoms with van der Waals surface area (Å²) in [6.07, 6.45) is 0. The fourth-order valence-electron chi connectivity index (χ4n) is 1.62. The quantitative estimate of drug-likeness (QED) is 0.896. The van der Waals surface area contributed by atoms with Crippen LogP contribution >= 0.6 is 0 Å². The molecular formula is C15H13NO4. The molecule has 0 heterocycles. The van der Waals surface area contributed by atoms with Crippen LogP contribution in [0.5, 0.6) is 11.5 Å². The summed E-state index contributed by atoms with van der Waals surface area (Å²) in [5, 5.41) is 11.3. The molecule has 0 saturated heterocycles. The number of aromatic carboxylic acids is 1. The van der Waals surface area contributed by atoms with Gasteiger partial charge in [0.05, 0.1) is 5.56 Å². The Morgan fingerprint density at radius 3 is 1.75 bits per heavy atom. The summed E-state index contributed by atoms with van der Waals surface area (Å²) in [5.74, 6) is -0.0442. The number of amides is 1. The molecule has 0 saturated carbocycles. The maximum Gasteiger partial charge on any atom is 0.335 e. The minimum Gasteiger partial charge on any atom is -0.478 e. The van der Waals surface area contributed by atoms with E-state index in [1.165, 1.54) is 12.1 Å². The Balaban J connectivity index is 2.10. The average Bonchev–Trinajstić information content (AvgIpc) is 2.48. The molecule has 5 nitrogen and oxygen atoms in total. The largest absolute Gasteiger partial charge is 0.478 e. The summed E-state index contributed by atoms with van der Waals surface area (Å²) in [5.41, 5.74) is 0.744. The van der Waals surface area contributed by atoms with Crippen LogP contribution < -0.4 is 10.1 Å². The molecule has 0 aliphatic heterocycles. The van der Waals surface area contributed by atoms with Crippen molar-refractivity contribution in [2.24, 2.45) is 0 Å². The summed E-state index contributed by atoms with van der Waals surface area (Å²) in [6, 6.07) is 12.8. The smallest absolute Gasteiger partial charge is 0.335 e. The number of hydrogen-bond acceptors (Lipinski definition) is 3. The summed E-state index contributed by atoms with van der Waals surface area (Å²) in [4.78, 5) is 22.1. The fraction of sp³-hybridized carbons (Fsp3) is 0.0667. The SMILES string of the molecule is CNC(=O)c1ccc(Oc2ccc(C(=O)O)cc2)cc1. The topological polar surface area (TPSA) is 75.6 Å². The van der Waals surface area contributed by atoms with Crippen LogP contribution in [0.4, 0.5) is 0 Å². The fourth-order valence-corrected chi connectivity index (χ4v) is 1.62. The molecule has 0 aliphatic carbocycles. The molecule has 0 bridgehead atoms. The highest BCUT2D eigenvalue weighted by Gasteiger charge is 2.05. The lowest BCUT2D eigenvalue weighted by molar-refractivity contribution is 0.0696. The predicted octanol–water partition coefficient (Wildman–Crippen LogP) is 2.54. The lowest BCUT2D eigenvalue weighted by Gasteiger charge is -2.06. The minimum atomic E-state index is -0.980. The highest BCUT2D eigenvalue weighted by Crippen LogP contribution is 2.22. The predicted molar refractivity (Wildman–Crippen MR) is 73.3 cm³/mol. The van der Waals surface area contributed by atoms with Gasteiger partial charge in [0.2, 0.25) is 0 Å². The van der Waals surface area contributed by atoms with E-state index < -0.39 is 5.97 Å². The summed E-state index contributed by atoms with van der Waals surface area (Å²) < 4.78 is 5.56. The van der Waals surface area contributed by atoms with Gasteiger partial charge < -0.3 is 15.2 Å². The second-order valence-corrected chi connectivity index (χ2v) is 4.04. The van der Waals surface area contributed by atoms with E-state index in [4.69, 9.17) is 9.84 Å². The molecule has 0 aromatic heterocycles. The molecule has 0 radical (unpaired) electrons. The molecule has 20 heavy (non-hydrogen) atoms. The normalized spacial score (nSPS) is 9.85. The maximum atomic E-state index is 11.4. The maximum absolute atomic E-state index is 11.4. The van der Waals surface area contributed by atoms with Gasteiger partial charge >= 0.3 is 5.97 Å². The minimum absolute atomic E-state index is 0.164. The van der Waals surface area contributed by atoms with Gasteiger partial charge in [0.15, 0.2) is 0 Å². The molecule has 0 aliphatic rings. The molecule has 0 atom stereocenters. The van der Waals surface area contributed by atoms with Crippen LogP contribution in [-0.2, 0) is 0 Å². The Hall–Kier alpha value is -2.82. The van der Waals surface area contributed by atoms with E-state index in [0.717, 1.165) is 0 Å². The number of carboxylic acid groups (broad SMARTS) is 1. The standard InChI is InChI=1S/C15H13NO4/c1-16-14(17)10-2-6-12(7-3-10)20-13-8-4-11(5-9-13)15(18)19/h2-9H,1H3,(H,16,17)(H,18,19). The van der Waals surface area contributed by atoms with E-state index in [0.29, 0.717) is 17.1 Å². The molecule has 1 amide bonds. The first-order valence-electron chi connectivity index (χ1n) is 5.93. The Morgan fingerprint density at radius 2 is 1.35 bits per heavy atom. The number of carbonyl (C=O) groups is 2. The second kappa shape index (κ2) is 5.88. The van der Waals surface area contributed by atoms with Crippen molar-refractivity contribution in [1.82, 2.24) is 5.32 Å². The van der Waals surface area contributed by atoms with Crippen LogP contribution in [0.2, 0.25) is 0 Å². The number of ether oxygens (including phenoxy) is 1. The number of nitrogens with one attached hydrogen (secondary N) is 1. The van der Waals surface area contributed by atoms with Gasteiger partial charge in [-0.1, -0.05) is 0 Å². The monoisotopic (exact) mass is 271 g/mol. The molecule has 2 aromatic rings. The molecule has 2 N–H and O–H groups in total. The number of carboxylic acids is 1. The third-order valence-corrected chi connectivity index (χ3v) is 2.68. The van der Waals surface area contributed by atoms with E-state index in [9.17, 15) is 9.59 Å². The third-order valence-electron chi connectivity index (χ3n) is 2.68. The van der Waals surface area contributed by atoms with Crippen LogP contribution in [0, 0.1) is 0 Å². The number of benzene rings is 2. The second-order valence-electron chi connectivity index (χ2n) is 4.04. The van der Waals surface area contributed by atoms with E-state index >= 15 is 0 Å². The van der Waals surface area contributed by atoms with Crippen molar-refractivity contribution in [2.45, 2.75) is 0 Å². The van der Waals surface area contributed by atoms with Gasteiger partial charge in [0, 0.05) is 12.6 Å². The van der Waals surface area contributed by atoms with Crippen molar-refractivity contribution < 1.29 is 19.4 Å². The first-order valence-corrected chi connectivity index (χ1v) is 5.93. The molecular weight excluding hydrogens is 258 g/mol. The van der Waals surface area contributed by atoms with Crippen LogP contribution in [0.15, 0.2) is 48.5 Å². The van der Waals surface area contributed by atoms with Crippen LogP contribution in [0.1, 0.15) is 20.7 Å². The molecule has 0 fully saturated rings. The van der Waals surface area contributed by atoms with Gasteiger partial charge in [0.25, 0.3) is 5.91 Å². The van der Waals surface area contributed by atoms with Gasteiger partial charge in [-0.25, -0.2) is 4.79 Å². The van der Waals surface area contributed by atoms with Gasteiger partial charge in [-0.2, -0.15) is 0 Å². The number of rotatable bonds is 4. The van der Waals surface area contributed by atoms with E-state index in [2.05, 4.69) is 5.32 Å². The summed E-state index contributed by atoms with van der Waals surface area (Å²) in [7, 11) is 1.57. The zero-order valence-corrected chi connectivity index (χ0v) is 10.8. The number of carbonyl (C=O) groups excluding carboxylic acids is 1. The summed E-state index contributed by atoms with van der Waals surface area (Å²) >= 11 is 0. The van der Waals surface area contributed by atoms with Crippen molar-refractivity contribution in [3.05, 3.63) is 59.7 Å². The molecule has 0 spiro atoms. The van der Waals surface area contributed by atoms with Crippen molar-refractivity contribution in [1.29, 1.82) is 0 Å². The Morgan fingerprint density at radius 1 is 0.900 bits per heavy atom. The van der Waals surface area contributed by atoms with Crippen molar-refractivity contribution in [2.75, 3.05) is 7.05 Å². The van der Waals surface area contributed by atoms with Gasteiger partial charge in [-0.05, 0) is 48.5 Å². The Kier molecular flexibility index (Phi) is 4.00. The highest BCUT2D eigenvalue weighted by molar-refractivity contribution is 5.94. The molecule has 102 valence electrons. The van der Waals surface area contributed by atoms with E-state index in [1.54, 1.807) is 43.4 Å². The number of hydrogen-bond donors (Lipinski definition) is 2. The first kappa shape index (κ1) is 13.6.